The third kappa shape index (κ3) is 3.56. The molecule has 0 radical (unpaired) electrons. The lowest BCUT2D eigenvalue weighted by Crippen LogP contribution is -2.44. The summed E-state index contributed by atoms with van der Waals surface area (Å²) in [5, 5.41) is 3.76. The van der Waals surface area contributed by atoms with Crippen molar-refractivity contribution in [3.63, 3.8) is 0 Å². The number of carbonyl (C=O) groups is 2. The van der Waals surface area contributed by atoms with Crippen molar-refractivity contribution in [3.05, 3.63) is 22.4 Å². The second-order valence-electron chi connectivity index (χ2n) is 4.67. The van der Waals surface area contributed by atoms with E-state index in [4.69, 9.17) is 4.74 Å². The third-order valence-electron chi connectivity index (χ3n) is 3.36. The number of hydrogen-bond donors (Lipinski definition) is 0. The molecule has 1 fully saturated rings. The average Bonchev–Trinajstić information content (AvgIpc) is 2.93. The summed E-state index contributed by atoms with van der Waals surface area (Å²) in [5.74, 6) is -0.173. The van der Waals surface area contributed by atoms with E-state index in [9.17, 15) is 9.59 Å². The van der Waals surface area contributed by atoms with E-state index >= 15 is 0 Å². The fourth-order valence-corrected chi connectivity index (χ4v) is 3.07. The van der Waals surface area contributed by atoms with Crippen LogP contribution < -0.4 is 0 Å². The molecule has 5 heteroatoms. The molecule has 1 aliphatic rings. The van der Waals surface area contributed by atoms with Crippen LogP contribution in [-0.4, -0.2) is 36.0 Å². The van der Waals surface area contributed by atoms with Gasteiger partial charge in [-0.15, -0.1) is 0 Å². The second-order valence-corrected chi connectivity index (χ2v) is 5.45. The van der Waals surface area contributed by atoms with Crippen molar-refractivity contribution in [1.29, 1.82) is 0 Å². The quantitative estimate of drug-likeness (QED) is 0.797. The predicted molar refractivity (Wildman–Crippen MR) is 74.2 cm³/mol. The fraction of sp³-hybridized carbons (Fsp3) is 0.571. The van der Waals surface area contributed by atoms with Crippen LogP contribution in [0.15, 0.2) is 16.8 Å². The van der Waals surface area contributed by atoms with Gasteiger partial charge in [0.25, 0.3) is 5.91 Å². The molecule has 0 bridgehead atoms. The number of carbonyl (C=O) groups excluding carboxylic acids is 2. The topological polar surface area (TPSA) is 46.6 Å². The van der Waals surface area contributed by atoms with Crippen molar-refractivity contribution in [2.45, 2.75) is 38.6 Å². The van der Waals surface area contributed by atoms with Gasteiger partial charge in [0.05, 0.1) is 18.6 Å². The van der Waals surface area contributed by atoms with Crippen molar-refractivity contribution in [2.24, 2.45) is 0 Å². The third-order valence-corrected chi connectivity index (χ3v) is 4.05. The maximum Gasteiger partial charge on any atom is 0.307 e. The molecule has 1 aromatic rings. The number of amides is 1. The van der Waals surface area contributed by atoms with Crippen LogP contribution >= 0.6 is 11.3 Å². The number of piperidine rings is 1. The van der Waals surface area contributed by atoms with Crippen molar-refractivity contribution in [1.82, 2.24) is 4.90 Å². The summed E-state index contributed by atoms with van der Waals surface area (Å²) in [4.78, 5) is 25.8. The largest absolute Gasteiger partial charge is 0.466 e. The SMILES string of the molecule is CCOC(=O)CC1CCCCN1C(=O)c1ccsc1. The van der Waals surface area contributed by atoms with Crippen molar-refractivity contribution < 1.29 is 14.3 Å². The summed E-state index contributed by atoms with van der Waals surface area (Å²) in [5.41, 5.74) is 0.723. The number of rotatable bonds is 4. The van der Waals surface area contributed by atoms with E-state index in [1.54, 1.807) is 6.92 Å². The smallest absolute Gasteiger partial charge is 0.307 e. The average molecular weight is 281 g/mol. The van der Waals surface area contributed by atoms with E-state index in [-0.39, 0.29) is 17.9 Å². The number of esters is 1. The van der Waals surface area contributed by atoms with Gasteiger partial charge in [-0.05, 0) is 37.6 Å². The summed E-state index contributed by atoms with van der Waals surface area (Å²) in [6, 6.07) is 1.82. The zero-order valence-electron chi connectivity index (χ0n) is 11.1. The van der Waals surface area contributed by atoms with Gasteiger partial charge in [-0.2, -0.15) is 11.3 Å². The summed E-state index contributed by atoms with van der Waals surface area (Å²) in [7, 11) is 0. The Morgan fingerprint density at radius 1 is 1.47 bits per heavy atom. The molecular formula is C14H19NO3S. The Bertz CT molecular complexity index is 430. The number of thiophene rings is 1. The van der Waals surface area contributed by atoms with E-state index in [0.29, 0.717) is 13.0 Å². The minimum atomic E-state index is -0.211. The highest BCUT2D eigenvalue weighted by Crippen LogP contribution is 2.23. The van der Waals surface area contributed by atoms with Gasteiger partial charge in [0.15, 0.2) is 0 Å². The van der Waals surface area contributed by atoms with Gasteiger partial charge < -0.3 is 9.64 Å². The minimum Gasteiger partial charge on any atom is -0.466 e. The number of nitrogens with zero attached hydrogens (tertiary/aromatic N) is 1. The zero-order chi connectivity index (χ0) is 13.7. The Morgan fingerprint density at radius 2 is 2.32 bits per heavy atom. The normalized spacial score (nSPS) is 19.2. The van der Waals surface area contributed by atoms with Crippen LogP contribution in [0, 0.1) is 0 Å². The molecule has 19 heavy (non-hydrogen) atoms. The van der Waals surface area contributed by atoms with E-state index in [0.717, 1.165) is 31.4 Å². The van der Waals surface area contributed by atoms with E-state index in [1.807, 2.05) is 21.7 Å². The first-order valence-corrected chi connectivity index (χ1v) is 7.65. The molecule has 1 aliphatic heterocycles. The van der Waals surface area contributed by atoms with Crippen LogP contribution in [0.4, 0.5) is 0 Å². The van der Waals surface area contributed by atoms with Gasteiger partial charge >= 0.3 is 5.97 Å². The summed E-state index contributed by atoms with van der Waals surface area (Å²) < 4.78 is 4.99. The monoisotopic (exact) mass is 281 g/mol. The first-order valence-electron chi connectivity index (χ1n) is 6.71. The lowest BCUT2D eigenvalue weighted by molar-refractivity contribution is -0.144. The lowest BCUT2D eigenvalue weighted by Gasteiger charge is -2.35. The Balaban J connectivity index is 2.03. The molecule has 4 nitrogen and oxygen atoms in total. The molecule has 1 amide bonds. The molecule has 1 atom stereocenters. The van der Waals surface area contributed by atoms with E-state index in [1.165, 1.54) is 11.3 Å². The van der Waals surface area contributed by atoms with E-state index in [2.05, 4.69) is 0 Å². The number of likely N-dealkylation sites (tertiary alicyclic amines) is 1. The second kappa shape index (κ2) is 6.70. The predicted octanol–water partition coefficient (Wildman–Crippen LogP) is 2.70. The first kappa shape index (κ1) is 14.1. The summed E-state index contributed by atoms with van der Waals surface area (Å²) in [6.07, 6.45) is 3.27. The van der Waals surface area contributed by atoms with Crippen molar-refractivity contribution in [3.8, 4) is 0 Å². The van der Waals surface area contributed by atoms with Gasteiger partial charge in [0.2, 0.25) is 0 Å². The first-order chi connectivity index (χ1) is 9.22. The van der Waals surface area contributed by atoms with Gasteiger partial charge in [0.1, 0.15) is 0 Å². The van der Waals surface area contributed by atoms with E-state index < -0.39 is 0 Å². The summed E-state index contributed by atoms with van der Waals surface area (Å²) >= 11 is 1.52. The molecule has 0 spiro atoms. The van der Waals surface area contributed by atoms with Gasteiger partial charge in [-0.1, -0.05) is 0 Å². The minimum absolute atomic E-state index is 0.0137. The molecule has 0 saturated carbocycles. The van der Waals surface area contributed by atoms with Gasteiger partial charge in [-0.3, -0.25) is 9.59 Å². The fourth-order valence-electron chi connectivity index (χ4n) is 2.44. The maximum absolute atomic E-state index is 12.4. The molecule has 104 valence electrons. The molecule has 1 unspecified atom stereocenters. The molecule has 0 aliphatic carbocycles. The Morgan fingerprint density at radius 3 is 3.00 bits per heavy atom. The van der Waals surface area contributed by atoms with Crippen molar-refractivity contribution >= 4 is 23.2 Å². The molecule has 0 aromatic carbocycles. The van der Waals surface area contributed by atoms with Crippen LogP contribution in [0.3, 0.4) is 0 Å². The highest BCUT2D eigenvalue weighted by molar-refractivity contribution is 7.08. The van der Waals surface area contributed by atoms with Gasteiger partial charge in [-0.25, -0.2) is 0 Å². The lowest BCUT2D eigenvalue weighted by atomic mass is 9.98. The number of ether oxygens (including phenoxy) is 1. The van der Waals surface area contributed by atoms with Crippen LogP contribution in [0.5, 0.6) is 0 Å². The molecule has 1 aromatic heterocycles. The standard InChI is InChI=1S/C14H19NO3S/c1-2-18-13(16)9-12-5-3-4-7-15(12)14(17)11-6-8-19-10-11/h6,8,10,12H,2-5,7,9H2,1H3. The van der Waals surface area contributed by atoms with Crippen molar-refractivity contribution in [2.75, 3.05) is 13.2 Å². The molecule has 2 heterocycles. The molecule has 2 rings (SSSR count). The van der Waals surface area contributed by atoms with Crippen LogP contribution in [-0.2, 0) is 9.53 Å². The highest BCUT2D eigenvalue weighted by Gasteiger charge is 2.29. The molecular weight excluding hydrogens is 262 g/mol. The van der Waals surface area contributed by atoms with Crippen LogP contribution in [0.2, 0.25) is 0 Å². The Hall–Kier alpha value is -1.36. The maximum atomic E-state index is 12.4. The van der Waals surface area contributed by atoms with Gasteiger partial charge in [0, 0.05) is 18.0 Å². The van der Waals surface area contributed by atoms with Crippen LogP contribution in [0.25, 0.3) is 0 Å². The van der Waals surface area contributed by atoms with Crippen LogP contribution in [0.1, 0.15) is 43.0 Å². The molecule has 0 N–H and O–H groups in total. The molecule has 1 saturated heterocycles. The Labute approximate surface area is 117 Å². The summed E-state index contributed by atoms with van der Waals surface area (Å²) in [6.45, 7) is 2.93. The zero-order valence-corrected chi connectivity index (χ0v) is 11.9. The highest BCUT2D eigenvalue weighted by atomic mass is 32.1. The Kier molecular flexibility index (Phi) is 4.96. The number of hydrogen-bond acceptors (Lipinski definition) is 4.